The molecule has 11 aromatic rings. The molecule has 0 saturated heterocycles. The van der Waals surface area contributed by atoms with Gasteiger partial charge >= 0.3 is 0 Å². The van der Waals surface area contributed by atoms with Crippen molar-refractivity contribution in [2.24, 2.45) is 0 Å². The minimum absolute atomic E-state index is 0.225. The molecule has 1 aliphatic heterocycles. The molecule has 4 heteroatoms. The molecule has 0 amide bonds. The minimum atomic E-state index is -2.26. The Morgan fingerprint density at radius 1 is 0.431 bits per heavy atom. The third-order valence-corrected chi connectivity index (χ3v) is 19.6. The molecule has 0 N–H and O–H groups in total. The van der Waals surface area contributed by atoms with Gasteiger partial charge in [-0.25, -0.2) is 0 Å². The minimum Gasteiger partial charge on any atom is -0.456 e. The third kappa shape index (κ3) is 6.28. The van der Waals surface area contributed by atoms with Crippen LogP contribution in [0.4, 0.5) is 34.1 Å². The lowest BCUT2D eigenvalue weighted by Crippen LogP contribution is -2.49. The van der Waals surface area contributed by atoms with Gasteiger partial charge in [-0.15, -0.1) is 0 Å². The molecule has 2 heterocycles. The van der Waals surface area contributed by atoms with Gasteiger partial charge in [-0.2, -0.15) is 0 Å². The van der Waals surface area contributed by atoms with E-state index in [4.69, 9.17) is 4.42 Å². The number of para-hydroxylation sites is 2. The van der Waals surface area contributed by atoms with Gasteiger partial charge in [0, 0.05) is 51.4 Å². The van der Waals surface area contributed by atoms with Crippen molar-refractivity contribution in [3.05, 3.63) is 253 Å². The van der Waals surface area contributed by atoms with Crippen LogP contribution in [0.2, 0.25) is 13.1 Å². The number of fused-ring (bicyclic) bond motifs is 11. The van der Waals surface area contributed by atoms with E-state index in [1.54, 1.807) is 0 Å². The van der Waals surface area contributed by atoms with E-state index in [-0.39, 0.29) is 5.41 Å². The van der Waals surface area contributed by atoms with E-state index >= 15 is 0 Å². The summed E-state index contributed by atoms with van der Waals surface area (Å²) in [6.07, 6.45) is 0.880. The number of hydrogen-bond acceptors (Lipinski definition) is 3. The summed E-state index contributed by atoms with van der Waals surface area (Å²) in [5.41, 5.74) is 24.1. The number of furan rings is 1. The predicted octanol–water partition coefficient (Wildman–Crippen LogP) is 17.4. The molecule has 0 saturated carbocycles. The quantitative estimate of drug-likeness (QED) is 0.142. The lowest BCUT2D eigenvalue weighted by molar-refractivity contribution is 0.635. The Bertz CT molecular complexity index is 3980. The molecule has 10 aromatic carbocycles. The summed E-state index contributed by atoms with van der Waals surface area (Å²) in [6, 6.07) is 85.1. The second-order valence-electron chi connectivity index (χ2n) is 20.8. The van der Waals surface area contributed by atoms with E-state index < -0.39 is 8.07 Å². The summed E-state index contributed by atoms with van der Waals surface area (Å²) in [4.78, 5) is 5.01. The van der Waals surface area contributed by atoms with E-state index in [1.807, 2.05) is 0 Å². The van der Waals surface area contributed by atoms with Crippen LogP contribution in [0.3, 0.4) is 0 Å². The summed E-state index contributed by atoms with van der Waals surface area (Å²) in [5.74, 6) is 1.00. The second kappa shape index (κ2) is 16.0. The molecular formula is C68H52N2OSi. The van der Waals surface area contributed by atoms with Gasteiger partial charge in [0.05, 0.1) is 22.7 Å². The highest BCUT2D eigenvalue weighted by atomic mass is 28.3. The highest BCUT2D eigenvalue weighted by molar-refractivity contribution is 7.05. The molecule has 1 aromatic heterocycles. The van der Waals surface area contributed by atoms with Gasteiger partial charge < -0.3 is 14.2 Å². The van der Waals surface area contributed by atoms with Crippen molar-refractivity contribution in [2.75, 3.05) is 9.80 Å². The summed E-state index contributed by atoms with van der Waals surface area (Å²) in [6.45, 7) is 9.78. The maximum Gasteiger partial charge on any atom is 0.136 e. The first-order valence-corrected chi connectivity index (χ1v) is 28.3. The maximum absolute atomic E-state index is 7.37. The van der Waals surface area contributed by atoms with Crippen LogP contribution in [0.25, 0.3) is 66.8 Å². The van der Waals surface area contributed by atoms with Gasteiger partial charge in [0.2, 0.25) is 0 Å². The number of anilines is 6. The van der Waals surface area contributed by atoms with Crippen LogP contribution in [0.5, 0.6) is 0 Å². The highest BCUT2D eigenvalue weighted by Crippen LogP contribution is 2.56. The summed E-state index contributed by atoms with van der Waals surface area (Å²) in [7, 11) is -2.26. The zero-order valence-electron chi connectivity index (χ0n) is 40.9. The van der Waals surface area contributed by atoms with E-state index in [9.17, 15) is 0 Å². The molecule has 2 aliphatic carbocycles. The Morgan fingerprint density at radius 2 is 0.958 bits per heavy atom. The van der Waals surface area contributed by atoms with Crippen molar-refractivity contribution in [1.82, 2.24) is 0 Å². The molecule has 0 bridgehead atoms. The van der Waals surface area contributed by atoms with E-state index in [0.29, 0.717) is 0 Å². The van der Waals surface area contributed by atoms with Gasteiger partial charge in [-0.05, 0) is 115 Å². The van der Waals surface area contributed by atoms with E-state index in [2.05, 4.69) is 267 Å². The standard InChI is InChI=1S/C68H52N2OSi/c1-68(2)58-32-16-13-29-53(58)54-31-20-36-62(65(54)68)70(60-34-18-15-28-51(60)45-23-9-6-10-24-45)47-38-40-64-57(42-47)66-67(72(64,3)4)55-39-37-48(43-63(55)71-66)69(59-33-17-14-27-50(59)44-21-7-5-8-22-44)61-35-19-30-52-49-26-12-11-25-46(49)41-56(52)61/h5-40,42-43H,41H2,1-4H3. The van der Waals surface area contributed by atoms with Crippen molar-refractivity contribution < 1.29 is 4.42 Å². The molecule has 14 rings (SSSR count). The monoisotopic (exact) mass is 940 g/mol. The topological polar surface area (TPSA) is 19.6 Å². The van der Waals surface area contributed by atoms with Crippen molar-refractivity contribution in [2.45, 2.75) is 38.8 Å². The molecule has 0 spiro atoms. The van der Waals surface area contributed by atoms with Crippen LogP contribution >= 0.6 is 0 Å². The first-order chi connectivity index (χ1) is 35.3. The van der Waals surface area contributed by atoms with Crippen LogP contribution in [-0.4, -0.2) is 8.07 Å². The van der Waals surface area contributed by atoms with Gasteiger partial charge in [0.15, 0.2) is 0 Å². The zero-order chi connectivity index (χ0) is 48.3. The van der Waals surface area contributed by atoms with Crippen LogP contribution < -0.4 is 20.2 Å². The summed E-state index contributed by atoms with van der Waals surface area (Å²) < 4.78 is 7.37. The third-order valence-electron chi connectivity index (χ3n) is 16.1. The first-order valence-electron chi connectivity index (χ1n) is 25.3. The number of hydrogen-bond donors (Lipinski definition) is 0. The van der Waals surface area contributed by atoms with Crippen LogP contribution in [0, 0.1) is 0 Å². The molecule has 3 aliphatic rings. The highest BCUT2D eigenvalue weighted by Gasteiger charge is 2.44. The number of benzene rings is 10. The fourth-order valence-corrected chi connectivity index (χ4v) is 16.1. The Balaban J connectivity index is 0.957. The first kappa shape index (κ1) is 42.4. The maximum atomic E-state index is 7.37. The molecule has 0 unspecified atom stereocenters. The SMILES string of the molecule is CC1(C)c2ccccc2-c2cccc(N(c3ccc4c(c3)-c3oc5cc(N(c6ccccc6-c6ccccc6)c6cccc7c6Cc6ccccc6-7)ccc5c3[Si]4(C)C)c3ccccc3-c3ccccc3)c21. The fourth-order valence-electron chi connectivity index (χ4n) is 12.8. The second-order valence-corrected chi connectivity index (χ2v) is 25.1. The Labute approximate surface area is 422 Å². The van der Waals surface area contributed by atoms with Gasteiger partial charge in [-0.3, -0.25) is 0 Å². The van der Waals surface area contributed by atoms with Crippen LogP contribution in [0.15, 0.2) is 235 Å². The molecule has 0 radical (unpaired) electrons. The fraction of sp³-hybridized carbons (Fsp3) is 0.0882. The van der Waals surface area contributed by atoms with Crippen molar-refractivity contribution in [1.29, 1.82) is 0 Å². The molecule has 3 nitrogen and oxygen atoms in total. The Hall–Kier alpha value is -8.44. The lowest BCUT2D eigenvalue weighted by Gasteiger charge is -2.33. The lowest BCUT2D eigenvalue weighted by atomic mass is 9.81. The van der Waals surface area contributed by atoms with E-state index in [0.717, 1.165) is 40.5 Å². The van der Waals surface area contributed by atoms with Gasteiger partial charge in [0.25, 0.3) is 0 Å². The molecule has 344 valence electrons. The largest absolute Gasteiger partial charge is 0.456 e. The molecule has 72 heavy (non-hydrogen) atoms. The van der Waals surface area contributed by atoms with Gasteiger partial charge in [0.1, 0.15) is 19.4 Å². The Kier molecular flexibility index (Phi) is 9.46. The van der Waals surface area contributed by atoms with Crippen molar-refractivity contribution in [3.8, 4) is 55.8 Å². The van der Waals surface area contributed by atoms with Crippen LogP contribution in [-0.2, 0) is 11.8 Å². The smallest absolute Gasteiger partial charge is 0.136 e. The van der Waals surface area contributed by atoms with E-state index in [1.165, 1.54) is 99.5 Å². The Morgan fingerprint density at radius 3 is 1.67 bits per heavy atom. The van der Waals surface area contributed by atoms with Crippen LogP contribution in [0.1, 0.15) is 36.1 Å². The van der Waals surface area contributed by atoms with Gasteiger partial charge in [-0.1, -0.05) is 203 Å². The molecular weight excluding hydrogens is 889 g/mol. The number of rotatable bonds is 8. The number of nitrogens with zero attached hydrogens (tertiary/aromatic N) is 2. The summed E-state index contributed by atoms with van der Waals surface area (Å²) >= 11 is 0. The molecule has 0 fully saturated rings. The summed E-state index contributed by atoms with van der Waals surface area (Å²) in [5, 5.41) is 3.99. The average Bonchev–Trinajstić information content (AvgIpc) is 4.13. The van der Waals surface area contributed by atoms with Crippen molar-refractivity contribution >= 4 is 63.5 Å². The predicted molar refractivity (Wildman–Crippen MR) is 304 cm³/mol. The van der Waals surface area contributed by atoms with Crippen molar-refractivity contribution in [3.63, 3.8) is 0 Å². The molecule has 0 atom stereocenters. The average molecular weight is 941 g/mol. The zero-order valence-corrected chi connectivity index (χ0v) is 41.9. The normalized spacial score (nSPS) is 14.0.